The minimum Gasteiger partial charge on any atom is -0.363 e. The molecule has 0 radical (unpaired) electrons. The monoisotopic (exact) mass is 349 g/mol. The van der Waals surface area contributed by atoms with Gasteiger partial charge >= 0.3 is 0 Å². The maximum atomic E-state index is 4.48. The summed E-state index contributed by atoms with van der Waals surface area (Å²) in [5, 5.41) is 4.68. The molecule has 0 unspecified atom stereocenters. The summed E-state index contributed by atoms with van der Waals surface area (Å²) in [6, 6.07) is 8.62. The Morgan fingerprint density at radius 1 is 1.12 bits per heavy atom. The lowest BCUT2D eigenvalue weighted by Crippen LogP contribution is -2.08. The number of nitrogens with zero attached hydrogens (tertiary/aromatic N) is 4. The molecule has 4 aromatic rings. The SMILES string of the molecule is Cc1sc2ncnc(N[C@@H](C)c3ccc(-n4ccnc4)cc3)c2c1C. The van der Waals surface area contributed by atoms with E-state index in [0.717, 1.165) is 21.7 Å². The second kappa shape index (κ2) is 6.29. The van der Waals surface area contributed by atoms with Gasteiger partial charge in [-0.1, -0.05) is 12.1 Å². The summed E-state index contributed by atoms with van der Waals surface area (Å²) >= 11 is 1.72. The third-order valence-corrected chi connectivity index (χ3v) is 5.63. The van der Waals surface area contributed by atoms with E-state index in [1.54, 1.807) is 30.2 Å². The Kier molecular flexibility index (Phi) is 3.97. The molecule has 0 fully saturated rings. The minimum absolute atomic E-state index is 0.148. The van der Waals surface area contributed by atoms with Gasteiger partial charge in [-0.05, 0) is 44.0 Å². The Balaban J connectivity index is 1.61. The maximum absolute atomic E-state index is 4.48. The van der Waals surface area contributed by atoms with Crippen LogP contribution < -0.4 is 5.32 Å². The van der Waals surface area contributed by atoms with Gasteiger partial charge in [0.15, 0.2) is 0 Å². The number of benzene rings is 1. The van der Waals surface area contributed by atoms with Crippen molar-refractivity contribution in [3.8, 4) is 5.69 Å². The Labute approximate surface area is 150 Å². The molecule has 1 aromatic carbocycles. The third kappa shape index (κ3) is 2.89. The van der Waals surface area contributed by atoms with Crippen LogP contribution in [0.15, 0.2) is 49.3 Å². The summed E-state index contributed by atoms with van der Waals surface area (Å²) in [5.74, 6) is 0.901. The molecule has 0 aliphatic heterocycles. The fourth-order valence-corrected chi connectivity index (χ4v) is 3.92. The smallest absolute Gasteiger partial charge is 0.138 e. The van der Waals surface area contributed by atoms with Gasteiger partial charge in [0, 0.05) is 29.0 Å². The predicted molar refractivity (Wildman–Crippen MR) is 102 cm³/mol. The van der Waals surface area contributed by atoms with Crippen LogP contribution in [0, 0.1) is 13.8 Å². The fraction of sp³-hybridized carbons (Fsp3) is 0.211. The lowest BCUT2D eigenvalue weighted by molar-refractivity contribution is 0.874. The quantitative estimate of drug-likeness (QED) is 0.582. The zero-order chi connectivity index (χ0) is 17.4. The topological polar surface area (TPSA) is 55.6 Å². The Hall–Kier alpha value is -2.73. The molecule has 1 atom stereocenters. The molecule has 1 N–H and O–H groups in total. The zero-order valence-corrected chi connectivity index (χ0v) is 15.2. The number of rotatable bonds is 4. The van der Waals surface area contributed by atoms with E-state index in [1.165, 1.54) is 16.0 Å². The molecule has 0 aliphatic rings. The van der Waals surface area contributed by atoms with Crippen molar-refractivity contribution in [2.24, 2.45) is 0 Å². The van der Waals surface area contributed by atoms with Gasteiger partial charge in [-0.15, -0.1) is 11.3 Å². The molecule has 6 heteroatoms. The maximum Gasteiger partial charge on any atom is 0.138 e. The number of hydrogen-bond donors (Lipinski definition) is 1. The van der Waals surface area contributed by atoms with Crippen LogP contribution in [0.1, 0.15) is 29.0 Å². The first kappa shape index (κ1) is 15.8. The second-order valence-corrected chi connectivity index (χ2v) is 7.32. The first-order valence-corrected chi connectivity index (χ1v) is 9.00. The molecular formula is C19H19N5S. The molecule has 5 nitrogen and oxygen atoms in total. The van der Waals surface area contributed by atoms with E-state index >= 15 is 0 Å². The van der Waals surface area contributed by atoms with E-state index < -0.39 is 0 Å². The van der Waals surface area contributed by atoms with Crippen molar-refractivity contribution in [1.29, 1.82) is 0 Å². The fourth-order valence-electron chi connectivity index (χ4n) is 2.93. The molecule has 3 heterocycles. The van der Waals surface area contributed by atoms with Gasteiger partial charge in [0.25, 0.3) is 0 Å². The van der Waals surface area contributed by atoms with Gasteiger partial charge in [0.05, 0.1) is 11.7 Å². The number of hydrogen-bond acceptors (Lipinski definition) is 5. The molecule has 4 rings (SSSR count). The van der Waals surface area contributed by atoms with E-state index in [2.05, 4.69) is 65.3 Å². The molecular weight excluding hydrogens is 330 g/mol. The van der Waals surface area contributed by atoms with E-state index in [-0.39, 0.29) is 6.04 Å². The van der Waals surface area contributed by atoms with Gasteiger partial charge in [-0.25, -0.2) is 15.0 Å². The molecule has 0 saturated heterocycles. The van der Waals surface area contributed by atoms with E-state index in [9.17, 15) is 0 Å². The Bertz CT molecular complexity index is 1000. The van der Waals surface area contributed by atoms with Gasteiger partial charge in [-0.3, -0.25) is 0 Å². The van der Waals surface area contributed by atoms with Crippen LogP contribution in [0.5, 0.6) is 0 Å². The number of imidazole rings is 1. The number of anilines is 1. The molecule has 0 spiro atoms. The first-order chi connectivity index (χ1) is 12.1. The standard InChI is InChI=1S/C19H19N5S/c1-12-14(3)25-19-17(12)18(21-10-22-19)23-13(2)15-4-6-16(7-5-15)24-9-8-20-11-24/h4-11,13H,1-3H3,(H,21,22,23)/t13-/m0/s1. The predicted octanol–water partition coefficient (Wildman–Crippen LogP) is 4.67. The van der Waals surface area contributed by atoms with Crippen molar-refractivity contribution in [2.75, 3.05) is 5.32 Å². The number of nitrogens with one attached hydrogen (secondary N) is 1. The van der Waals surface area contributed by atoms with Crippen molar-refractivity contribution in [3.63, 3.8) is 0 Å². The summed E-state index contributed by atoms with van der Waals surface area (Å²) in [6.45, 7) is 6.41. The highest BCUT2D eigenvalue weighted by atomic mass is 32.1. The first-order valence-electron chi connectivity index (χ1n) is 8.19. The van der Waals surface area contributed by atoms with E-state index in [0.29, 0.717) is 0 Å². The normalized spacial score (nSPS) is 12.4. The van der Waals surface area contributed by atoms with Crippen molar-refractivity contribution in [2.45, 2.75) is 26.8 Å². The van der Waals surface area contributed by atoms with Crippen molar-refractivity contribution in [3.05, 3.63) is 65.3 Å². The highest BCUT2D eigenvalue weighted by Gasteiger charge is 2.14. The highest BCUT2D eigenvalue weighted by Crippen LogP contribution is 2.33. The van der Waals surface area contributed by atoms with Crippen LogP contribution in [-0.2, 0) is 0 Å². The van der Waals surface area contributed by atoms with E-state index in [1.807, 2.05) is 10.8 Å². The minimum atomic E-state index is 0.148. The summed E-state index contributed by atoms with van der Waals surface area (Å²) in [5.41, 5.74) is 3.56. The lowest BCUT2D eigenvalue weighted by Gasteiger charge is -2.16. The number of fused-ring (bicyclic) bond motifs is 1. The van der Waals surface area contributed by atoms with Gasteiger partial charge < -0.3 is 9.88 Å². The zero-order valence-electron chi connectivity index (χ0n) is 14.4. The van der Waals surface area contributed by atoms with E-state index in [4.69, 9.17) is 0 Å². The molecule has 0 aliphatic carbocycles. The molecule has 0 bridgehead atoms. The summed E-state index contributed by atoms with van der Waals surface area (Å²) in [4.78, 5) is 15.3. The number of thiophene rings is 1. The average molecular weight is 349 g/mol. The Morgan fingerprint density at radius 2 is 1.92 bits per heavy atom. The van der Waals surface area contributed by atoms with Crippen LogP contribution >= 0.6 is 11.3 Å². The number of aromatic nitrogens is 4. The summed E-state index contributed by atoms with van der Waals surface area (Å²) in [6.07, 6.45) is 7.16. The third-order valence-electron chi connectivity index (χ3n) is 4.51. The summed E-state index contributed by atoms with van der Waals surface area (Å²) in [7, 11) is 0. The van der Waals surface area contributed by atoms with Crippen LogP contribution in [0.3, 0.4) is 0 Å². The van der Waals surface area contributed by atoms with Crippen LogP contribution in [0.25, 0.3) is 15.9 Å². The average Bonchev–Trinajstić information content (AvgIpc) is 3.25. The molecule has 126 valence electrons. The van der Waals surface area contributed by atoms with Crippen LogP contribution in [0.2, 0.25) is 0 Å². The van der Waals surface area contributed by atoms with Crippen molar-refractivity contribution in [1.82, 2.24) is 19.5 Å². The van der Waals surface area contributed by atoms with Gasteiger partial charge in [0.1, 0.15) is 17.0 Å². The highest BCUT2D eigenvalue weighted by molar-refractivity contribution is 7.18. The van der Waals surface area contributed by atoms with Crippen LogP contribution in [0.4, 0.5) is 5.82 Å². The largest absolute Gasteiger partial charge is 0.363 e. The molecule has 25 heavy (non-hydrogen) atoms. The van der Waals surface area contributed by atoms with Gasteiger partial charge in [0.2, 0.25) is 0 Å². The van der Waals surface area contributed by atoms with Gasteiger partial charge in [-0.2, -0.15) is 0 Å². The molecule has 3 aromatic heterocycles. The van der Waals surface area contributed by atoms with Crippen molar-refractivity contribution < 1.29 is 0 Å². The van der Waals surface area contributed by atoms with Crippen LogP contribution in [-0.4, -0.2) is 19.5 Å². The lowest BCUT2D eigenvalue weighted by atomic mass is 10.1. The van der Waals surface area contributed by atoms with Crippen molar-refractivity contribution >= 4 is 27.4 Å². The number of aryl methyl sites for hydroxylation is 2. The second-order valence-electron chi connectivity index (χ2n) is 6.11. The molecule has 0 amide bonds. The molecule has 0 saturated carbocycles. The summed E-state index contributed by atoms with van der Waals surface area (Å²) < 4.78 is 1.99. The Morgan fingerprint density at radius 3 is 2.64 bits per heavy atom.